The van der Waals surface area contributed by atoms with Gasteiger partial charge >= 0.3 is 0 Å². The third-order valence-electron chi connectivity index (χ3n) is 4.52. The second kappa shape index (κ2) is 7.05. The summed E-state index contributed by atoms with van der Waals surface area (Å²) in [5.41, 5.74) is 2.72. The predicted molar refractivity (Wildman–Crippen MR) is 101 cm³/mol. The number of aromatic nitrogens is 4. The van der Waals surface area contributed by atoms with E-state index in [-0.39, 0.29) is 5.56 Å². The van der Waals surface area contributed by atoms with Crippen molar-refractivity contribution in [2.75, 3.05) is 38.1 Å². The lowest BCUT2D eigenvalue weighted by atomic mass is 10.2. The maximum atomic E-state index is 12.1. The third-order valence-corrected chi connectivity index (χ3v) is 4.52. The summed E-state index contributed by atoms with van der Waals surface area (Å²) in [5, 5.41) is 0. The van der Waals surface area contributed by atoms with E-state index in [0.29, 0.717) is 22.9 Å². The van der Waals surface area contributed by atoms with Gasteiger partial charge in [0.1, 0.15) is 5.69 Å². The van der Waals surface area contributed by atoms with Gasteiger partial charge in [-0.15, -0.1) is 0 Å². The topological polar surface area (TPSA) is 78.0 Å². The fourth-order valence-corrected chi connectivity index (χ4v) is 3.03. The zero-order valence-electron chi connectivity index (χ0n) is 14.6. The smallest absolute Gasteiger partial charge is 0.251 e. The quantitative estimate of drug-likeness (QED) is 0.775. The van der Waals surface area contributed by atoms with Crippen molar-refractivity contribution >= 4 is 5.69 Å². The summed E-state index contributed by atoms with van der Waals surface area (Å²) in [6.45, 7) is 4.00. The maximum absolute atomic E-state index is 12.1. The first-order valence-corrected chi connectivity index (χ1v) is 8.62. The van der Waals surface area contributed by atoms with Crippen molar-refractivity contribution in [2.24, 2.45) is 0 Å². The Morgan fingerprint density at radius 2 is 1.73 bits per heavy atom. The van der Waals surface area contributed by atoms with Crippen molar-refractivity contribution in [3.8, 4) is 22.9 Å². The summed E-state index contributed by atoms with van der Waals surface area (Å²) in [6, 6.07) is 11.0. The second-order valence-electron chi connectivity index (χ2n) is 6.38. The summed E-state index contributed by atoms with van der Waals surface area (Å²) in [6.07, 6.45) is 3.44. The summed E-state index contributed by atoms with van der Waals surface area (Å²) >= 11 is 0. The highest BCUT2D eigenvalue weighted by molar-refractivity contribution is 5.62. The predicted octanol–water partition coefficient (Wildman–Crippen LogP) is 1.65. The Morgan fingerprint density at radius 3 is 2.50 bits per heavy atom. The lowest BCUT2D eigenvalue weighted by molar-refractivity contribution is 0.313. The minimum Gasteiger partial charge on any atom is -0.369 e. The van der Waals surface area contributed by atoms with Gasteiger partial charge in [0.05, 0.1) is 11.4 Å². The fourth-order valence-electron chi connectivity index (χ4n) is 3.03. The first-order chi connectivity index (χ1) is 12.7. The molecule has 3 aromatic rings. The molecule has 0 amide bonds. The Hall–Kier alpha value is -3.06. The number of hydrogen-bond donors (Lipinski definition) is 1. The number of aromatic amines is 1. The van der Waals surface area contributed by atoms with Gasteiger partial charge in [0.2, 0.25) is 0 Å². The average molecular weight is 348 g/mol. The minimum absolute atomic E-state index is 0.220. The fraction of sp³-hybridized carbons (Fsp3) is 0.263. The van der Waals surface area contributed by atoms with Gasteiger partial charge in [-0.25, -0.2) is 4.98 Å². The first kappa shape index (κ1) is 16.4. The van der Waals surface area contributed by atoms with E-state index in [2.05, 4.69) is 36.8 Å². The van der Waals surface area contributed by atoms with Crippen molar-refractivity contribution in [2.45, 2.75) is 0 Å². The molecule has 1 aliphatic rings. The molecule has 0 aliphatic carbocycles. The van der Waals surface area contributed by atoms with Crippen LogP contribution in [-0.2, 0) is 0 Å². The molecule has 1 fully saturated rings. The van der Waals surface area contributed by atoms with E-state index >= 15 is 0 Å². The molecule has 0 spiro atoms. The summed E-state index contributed by atoms with van der Waals surface area (Å²) in [4.78, 5) is 32.8. The molecule has 0 atom stereocenters. The molecule has 1 N–H and O–H groups in total. The van der Waals surface area contributed by atoms with Gasteiger partial charge in [0.15, 0.2) is 5.82 Å². The molecular formula is C19H20N6O. The molecule has 4 rings (SSSR count). The molecular weight excluding hydrogens is 328 g/mol. The van der Waals surface area contributed by atoms with Crippen LogP contribution in [0.1, 0.15) is 0 Å². The van der Waals surface area contributed by atoms with E-state index < -0.39 is 0 Å². The Morgan fingerprint density at radius 1 is 0.923 bits per heavy atom. The molecule has 0 aromatic carbocycles. The lowest BCUT2D eigenvalue weighted by Crippen LogP contribution is -2.44. The van der Waals surface area contributed by atoms with Crippen LogP contribution < -0.4 is 10.5 Å². The van der Waals surface area contributed by atoms with Gasteiger partial charge in [-0.3, -0.25) is 14.8 Å². The van der Waals surface area contributed by atoms with Crippen LogP contribution in [0.15, 0.2) is 53.6 Å². The molecule has 4 heterocycles. The summed E-state index contributed by atoms with van der Waals surface area (Å²) < 4.78 is 0. The van der Waals surface area contributed by atoms with Gasteiger partial charge in [-0.2, -0.15) is 0 Å². The van der Waals surface area contributed by atoms with E-state index in [1.54, 1.807) is 12.4 Å². The van der Waals surface area contributed by atoms with Crippen molar-refractivity contribution < 1.29 is 0 Å². The zero-order chi connectivity index (χ0) is 17.9. The highest BCUT2D eigenvalue weighted by Crippen LogP contribution is 2.22. The number of pyridine rings is 2. The van der Waals surface area contributed by atoms with Crippen molar-refractivity contribution in [1.82, 2.24) is 24.8 Å². The van der Waals surface area contributed by atoms with Gasteiger partial charge < -0.3 is 14.8 Å². The highest BCUT2D eigenvalue weighted by Gasteiger charge is 2.16. The molecule has 26 heavy (non-hydrogen) atoms. The SMILES string of the molecule is CN1CCN(c2ccnc(-c3nc(-c4ccccn4)cc(=O)[nH]3)c2)CC1. The summed E-state index contributed by atoms with van der Waals surface area (Å²) in [7, 11) is 2.13. The number of anilines is 1. The maximum Gasteiger partial charge on any atom is 0.251 e. The number of likely N-dealkylation sites (N-methyl/N-ethyl adjacent to an activating group) is 1. The van der Waals surface area contributed by atoms with Crippen LogP contribution in [0.2, 0.25) is 0 Å². The van der Waals surface area contributed by atoms with Crippen molar-refractivity contribution in [3.05, 3.63) is 59.1 Å². The number of hydrogen-bond acceptors (Lipinski definition) is 6. The molecule has 0 saturated carbocycles. The van der Waals surface area contributed by atoms with Gasteiger partial charge in [0.25, 0.3) is 5.56 Å². The van der Waals surface area contributed by atoms with E-state index in [1.807, 2.05) is 30.3 Å². The van der Waals surface area contributed by atoms with Crippen molar-refractivity contribution in [1.29, 1.82) is 0 Å². The van der Waals surface area contributed by atoms with Gasteiger partial charge in [0, 0.05) is 50.3 Å². The van der Waals surface area contributed by atoms with E-state index in [1.165, 1.54) is 6.07 Å². The number of nitrogens with zero attached hydrogens (tertiary/aromatic N) is 5. The Labute approximate surface area is 151 Å². The lowest BCUT2D eigenvalue weighted by Gasteiger charge is -2.34. The number of piperazine rings is 1. The molecule has 0 unspecified atom stereocenters. The van der Waals surface area contributed by atoms with E-state index in [4.69, 9.17) is 0 Å². The van der Waals surface area contributed by atoms with Crippen LogP contribution in [0, 0.1) is 0 Å². The Kier molecular flexibility index (Phi) is 4.45. The molecule has 7 nitrogen and oxygen atoms in total. The Bertz CT molecular complexity index is 947. The molecule has 0 radical (unpaired) electrons. The zero-order valence-corrected chi connectivity index (χ0v) is 14.6. The highest BCUT2D eigenvalue weighted by atomic mass is 16.1. The first-order valence-electron chi connectivity index (χ1n) is 8.62. The van der Waals surface area contributed by atoms with Crippen LogP contribution in [0.25, 0.3) is 22.9 Å². The molecule has 132 valence electrons. The standard InChI is InChI=1S/C19H20N6O/c1-24-8-10-25(11-9-24)14-5-7-21-17(12-14)19-22-16(13-18(26)23-19)15-4-2-3-6-20-15/h2-7,12-13H,8-11H2,1H3,(H,22,23,26). The van der Waals surface area contributed by atoms with Crippen LogP contribution in [0.3, 0.4) is 0 Å². The second-order valence-corrected chi connectivity index (χ2v) is 6.38. The van der Waals surface area contributed by atoms with E-state index in [9.17, 15) is 4.79 Å². The van der Waals surface area contributed by atoms with Crippen LogP contribution in [0.5, 0.6) is 0 Å². The molecule has 7 heteroatoms. The van der Waals surface area contributed by atoms with Gasteiger partial charge in [-0.05, 0) is 31.3 Å². The number of rotatable bonds is 3. The Balaban J connectivity index is 1.69. The molecule has 1 aliphatic heterocycles. The number of nitrogens with one attached hydrogen (secondary N) is 1. The molecule has 0 bridgehead atoms. The van der Waals surface area contributed by atoms with Crippen molar-refractivity contribution in [3.63, 3.8) is 0 Å². The number of H-pyrrole nitrogens is 1. The average Bonchev–Trinajstić information content (AvgIpc) is 2.69. The summed E-state index contributed by atoms with van der Waals surface area (Å²) in [5.74, 6) is 0.453. The molecule has 1 saturated heterocycles. The van der Waals surface area contributed by atoms with Crippen LogP contribution in [-0.4, -0.2) is 58.1 Å². The van der Waals surface area contributed by atoms with Crippen LogP contribution in [0.4, 0.5) is 5.69 Å². The van der Waals surface area contributed by atoms with Crippen LogP contribution >= 0.6 is 0 Å². The normalized spacial score (nSPS) is 15.2. The minimum atomic E-state index is -0.220. The monoisotopic (exact) mass is 348 g/mol. The third kappa shape index (κ3) is 3.48. The molecule has 3 aromatic heterocycles. The van der Waals surface area contributed by atoms with Gasteiger partial charge in [-0.1, -0.05) is 6.07 Å². The largest absolute Gasteiger partial charge is 0.369 e. The van der Waals surface area contributed by atoms with E-state index in [0.717, 1.165) is 31.9 Å².